The summed E-state index contributed by atoms with van der Waals surface area (Å²) in [6, 6.07) is 2.08. The number of halogens is 2. The van der Waals surface area contributed by atoms with Crippen LogP contribution < -0.4 is 10.5 Å². The van der Waals surface area contributed by atoms with Gasteiger partial charge in [-0.3, -0.25) is 4.68 Å². The fourth-order valence-electron chi connectivity index (χ4n) is 1.48. The Morgan fingerprint density at radius 1 is 1.45 bits per heavy atom. The molecule has 0 bridgehead atoms. The molecule has 20 heavy (non-hydrogen) atoms. The van der Waals surface area contributed by atoms with Crippen molar-refractivity contribution < 1.29 is 12.8 Å². The predicted octanol–water partition coefficient (Wildman–Crippen LogP) is 0.740. The van der Waals surface area contributed by atoms with Crippen molar-refractivity contribution in [1.29, 1.82) is 0 Å². The third-order valence-electron chi connectivity index (χ3n) is 2.45. The highest BCUT2D eigenvalue weighted by molar-refractivity contribution is 9.10. The van der Waals surface area contributed by atoms with Crippen LogP contribution in [0.4, 0.5) is 10.1 Å². The van der Waals surface area contributed by atoms with Crippen LogP contribution in [0.2, 0.25) is 0 Å². The zero-order valence-electron chi connectivity index (χ0n) is 10.1. The minimum Gasteiger partial charge on any atom is -0.396 e. The van der Waals surface area contributed by atoms with E-state index in [0.717, 1.165) is 12.1 Å². The second-order valence-corrected chi connectivity index (χ2v) is 6.46. The van der Waals surface area contributed by atoms with E-state index in [-0.39, 0.29) is 21.6 Å². The molecule has 1 aromatic heterocycles. The minimum absolute atomic E-state index is 0.109. The van der Waals surface area contributed by atoms with Crippen LogP contribution in [0.25, 0.3) is 0 Å². The molecule has 0 aliphatic heterocycles. The molecule has 0 aliphatic rings. The van der Waals surface area contributed by atoms with E-state index in [2.05, 4.69) is 31.0 Å². The maximum Gasteiger partial charge on any atom is 0.241 e. The molecule has 1 aromatic carbocycles. The first kappa shape index (κ1) is 14.9. The normalized spacial score (nSPS) is 11.7. The summed E-state index contributed by atoms with van der Waals surface area (Å²) in [5.74, 6) is -0.682. The van der Waals surface area contributed by atoms with E-state index in [4.69, 9.17) is 5.73 Å². The Morgan fingerprint density at radius 2 is 2.20 bits per heavy atom. The lowest BCUT2D eigenvalue weighted by molar-refractivity contribution is 0.552. The molecule has 0 aliphatic carbocycles. The van der Waals surface area contributed by atoms with E-state index < -0.39 is 15.8 Å². The van der Waals surface area contributed by atoms with Gasteiger partial charge < -0.3 is 5.73 Å². The molecule has 0 amide bonds. The number of rotatable bonds is 5. The topological polar surface area (TPSA) is 103 Å². The van der Waals surface area contributed by atoms with Crippen molar-refractivity contribution in [2.75, 3.05) is 12.3 Å². The van der Waals surface area contributed by atoms with Crippen LogP contribution in [0.15, 0.2) is 33.9 Å². The van der Waals surface area contributed by atoms with Gasteiger partial charge in [-0.1, -0.05) is 5.21 Å². The predicted molar refractivity (Wildman–Crippen MR) is 73.7 cm³/mol. The summed E-state index contributed by atoms with van der Waals surface area (Å²) in [4.78, 5) is -0.116. The van der Waals surface area contributed by atoms with Crippen LogP contribution in [0, 0.1) is 5.82 Å². The number of hydrogen-bond donors (Lipinski definition) is 2. The van der Waals surface area contributed by atoms with Crippen molar-refractivity contribution in [2.45, 2.75) is 11.4 Å². The summed E-state index contributed by atoms with van der Waals surface area (Å²) >= 11 is 3.01. The van der Waals surface area contributed by atoms with Crippen molar-refractivity contribution in [1.82, 2.24) is 19.7 Å². The maximum atomic E-state index is 13.2. The van der Waals surface area contributed by atoms with Crippen LogP contribution >= 0.6 is 15.9 Å². The molecule has 0 fully saturated rings. The fourth-order valence-corrected chi connectivity index (χ4v) is 3.54. The average Bonchev–Trinajstić information content (AvgIpc) is 2.86. The van der Waals surface area contributed by atoms with Gasteiger partial charge in [0.1, 0.15) is 5.82 Å². The van der Waals surface area contributed by atoms with Gasteiger partial charge in [0, 0.05) is 17.2 Å². The van der Waals surface area contributed by atoms with Gasteiger partial charge in [-0.05, 0) is 28.1 Å². The third-order valence-corrected chi connectivity index (χ3v) is 4.87. The first-order valence-electron chi connectivity index (χ1n) is 5.48. The Morgan fingerprint density at radius 3 is 2.85 bits per heavy atom. The van der Waals surface area contributed by atoms with Crippen molar-refractivity contribution in [2.24, 2.45) is 0 Å². The van der Waals surface area contributed by atoms with E-state index in [1.807, 2.05) is 0 Å². The Hall–Kier alpha value is -1.52. The van der Waals surface area contributed by atoms with E-state index in [1.54, 1.807) is 6.20 Å². The quantitative estimate of drug-likeness (QED) is 0.762. The molecule has 0 radical (unpaired) electrons. The van der Waals surface area contributed by atoms with Crippen LogP contribution in [-0.2, 0) is 16.6 Å². The number of nitrogens with one attached hydrogen (secondary N) is 1. The minimum atomic E-state index is -3.79. The molecule has 10 heteroatoms. The fraction of sp³-hybridized carbons (Fsp3) is 0.200. The van der Waals surface area contributed by atoms with Gasteiger partial charge in [0.2, 0.25) is 10.0 Å². The van der Waals surface area contributed by atoms with Crippen molar-refractivity contribution >= 4 is 31.6 Å². The molecule has 0 saturated heterocycles. The van der Waals surface area contributed by atoms with Crippen molar-refractivity contribution in [3.8, 4) is 0 Å². The molecule has 0 unspecified atom stereocenters. The number of nitrogens with two attached hydrogens (primary N) is 1. The van der Waals surface area contributed by atoms with Crippen LogP contribution in [0.1, 0.15) is 0 Å². The van der Waals surface area contributed by atoms with Gasteiger partial charge >= 0.3 is 0 Å². The van der Waals surface area contributed by atoms with E-state index in [0.29, 0.717) is 6.54 Å². The lowest BCUT2D eigenvalue weighted by Crippen LogP contribution is -2.28. The largest absolute Gasteiger partial charge is 0.396 e. The molecule has 0 spiro atoms. The SMILES string of the molecule is Nc1cc(S(=O)(=O)NCCn2ccnn2)c(Br)cc1F. The molecular formula is C10H11BrFN5O2S. The average molecular weight is 364 g/mol. The van der Waals surface area contributed by atoms with Gasteiger partial charge in [-0.25, -0.2) is 17.5 Å². The second kappa shape index (κ2) is 5.85. The summed E-state index contributed by atoms with van der Waals surface area (Å²) < 4.78 is 41.3. The smallest absolute Gasteiger partial charge is 0.241 e. The Kier molecular flexibility index (Phi) is 4.35. The maximum absolute atomic E-state index is 13.2. The highest BCUT2D eigenvalue weighted by Gasteiger charge is 2.19. The number of nitrogens with zero attached hydrogens (tertiary/aromatic N) is 3. The number of sulfonamides is 1. The molecule has 1 heterocycles. The van der Waals surface area contributed by atoms with Crippen LogP contribution in [0.5, 0.6) is 0 Å². The van der Waals surface area contributed by atoms with E-state index in [1.165, 1.54) is 10.9 Å². The molecule has 0 saturated carbocycles. The monoisotopic (exact) mass is 363 g/mol. The standard InChI is InChI=1S/C10H11BrFN5O2S/c11-7-5-8(12)9(13)6-10(7)20(18,19)15-2-4-17-3-1-14-16-17/h1,3,5-6,15H,2,4,13H2. The van der Waals surface area contributed by atoms with Gasteiger partial charge in [0.25, 0.3) is 0 Å². The van der Waals surface area contributed by atoms with Crippen LogP contribution in [0.3, 0.4) is 0 Å². The number of aromatic nitrogens is 3. The van der Waals surface area contributed by atoms with Crippen LogP contribution in [-0.4, -0.2) is 30.0 Å². The highest BCUT2D eigenvalue weighted by Crippen LogP contribution is 2.26. The second-order valence-electron chi connectivity index (χ2n) is 3.87. The molecular weight excluding hydrogens is 353 g/mol. The third kappa shape index (κ3) is 3.32. The zero-order valence-corrected chi connectivity index (χ0v) is 12.5. The Labute approximate surface area is 123 Å². The number of anilines is 1. The lowest BCUT2D eigenvalue weighted by atomic mass is 10.3. The lowest BCUT2D eigenvalue weighted by Gasteiger charge is -2.09. The molecule has 7 nitrogen and oxygen atoms in total. The zero-order chi connectivity index (χ0) is 14.8. The van der Waals surface area contributed by atoms with Crippen molar-refractivity contribution in [3.05, 3.63) is 34.8 Å². The van der Waals surface area contributed by atoms with E-state index >= 15 is 0 Å². The highest BCUT2D eigenvalue weighted by atomic mass is 79.9. The van der Waals surface area contributed by atoms with Gasteiger partial charge in [0.15, 0.2) is 0 Å². The van der Waals surface area contributed by atoms with Gasteiger partial charge in [0.05, 0.1) is 23.3 Å². The Balaban J connectivity index is 2.12. The molecule has 3 N–H and O–H groups in total. The summed E-state index contributed by atoms with van der Waals surface area (Å²) in [5.41, 5.74) is 5.15. The van der Waals surface area contributed by atoms with Gasteiger partial charge in [-0.15, -0.1) is 5.10 Å². The first-order valence-corrected chi connectivity index (χ1v) is 7.76. The van der Waals surface area contributed by atoms with Gasteiger partial charge in [-0.2, -0.15) is 0 Å². The molecule has 0 atom stereocenters. The summed E-state index contributed by atoms with van der Waals surface area (Å²) in [6.07, 6.45) is 3.10. The molecule has 108 valence electrons. The number of nitrogen functional groups attached to an aromatic ring is 1. The first-order chi connectivity index (χ1) is 9.40. The summed E-state index contributed by atoms with van der Waals surface area (Å²) in [7, 11) is -3.79. The molecule has 2 aromatic rings. The Bertz CT molecular complexity index is 705. The van der Waals surface area contributed by atoms with Crippen molar-refractivity contribution in [3.63, 3.8) is 0 Å². The number of hydrogen-bond acceptors (Lipinski definition) is 5. The summed E-state index contributed by atoms with van der Waals surface area (Å²) in [6.45, 7) is 0.447. The van der Waals surface area contributed by atoms with E-state index in [9.17, 15) is 12.8 Å². The molecule has 2 rings (SSSR count). The number of benzene rings is 1. The summed E-state index contributed by atoms with van der Waals surface area (Å²) in [5, 5.41) is 7.31.